The smallest absolute Gasteiger partial charge is 0.224 e. The van der Waals surface area contributed by atoms with E-state index in [1.807, 2.05) is 50.2 Å². The Labute approximate surface area is 101 Å². The molecule has 4 heteroatoms. The van der Waals surface area contributed by atoms with Crippen LogP contribution in [0.1, 0.15) is 12.6 Å². The van der Waals surface area contributed by atoms with Gasteiger partial charge in [0.15, 0.2) is 0 Å². The fourth-order valence-corrected chi connectivity index (χ4v) is 1.54. The fourth-order valence-electron chi connectivity index (χ4n) is 1.54. The number of anilines is 3. The summed E-state index contributed by atoms with van der Waals surface area (Å²) in [6, 6.07) is 11.9. The zero-order chi connectivity index (χ0) is 12.1. The van der Waals surface area contributed by atoms with E-state index in [1.54, 1.807) is 0 Å². The van der Waals surface area contributed by atoms with Crippen LogP contribution in [0, 0.1) is 6.92 Å². The van der Waals surface area contributed by atoms with E-state index in [4.69, 9.17) is 0 Å². The molecule has 0 aliphatic rings. The van der Waals surface area contributed by atoms with Gasteiger partial charge < -0.3 is 10.6 Å². The second kappa shape index (κ2) is 5.30. The number of rotatable bonds is 4. The zero-order valence-corrected chi connectivity index (χ0v) is 10.1. The summed E-state index contributed by atoms with van der Waals surface area (Å²) in [5, 5.41) is 6.36. The molecule has 2 rings (SSSR count). The van der Waals surface area contributed by atoms with E-state index in [9.17, 15) is 0 Å². The van der Waals surface area contributed by atoms with Crippen molar-refractivity contribution in [2.24, 2.45) is 0 Å². The van der Waals surface area contributed by atoms with Crippen molar-refractivity contribution in [3.8, 4) is 0 Å². The third-order valence-electron chi connectivity index (χ3n) is 2.24. The van der Waals surface area contributed by atoms with Gasteiger partial charge in [0.25, 0.3) is 0 Å². The lowest BCUT2D eigenvalue weighted by atomic mass is 10.3. The van der Waals surface area contributed by atoms with E-state index in [2.05, 4.69) is 20.6 Å². The fraction of sp³-hybridized carbons (Fsp3) is 0.231. The van der Waals surface area contributed by atoms with Crippen molar-refractivity contribution >= 4 is 17.5 Å². The lowest BCUT2D eigenvalue weighted by molar-refractivity contribution is 1.05. The highest BCUT2D eigenvalue weighted by atomic mass is 15.1. The van der Waals surface area contributed by atoms with Gasteiger partial charge in [-0.15, -0.1) is 0 Å². The first-order valence-corrected chi connectivity index (χ1v) is 5.69. The van der Waals surface area contributed by atoms with Gasteiger partial charge in [0.1, 0.15) is 5.82 Å². The normalized spacial score (nSPS) is 10.0. The number of hydrogen-bond acceptors (Lipinski definition) is 4. The van der Waals surface area contributed by atoms with Gasteiger partial charge in [-0.3, -0.25) is 0 Å². The summed E-state index contributed by atoms with van der Waals surface area (Å²) in [5.74, 6) is 1.46. The molecule has 17 heavy (non-hydrogen) atoms. The summed E-state index contributed by atoms with van der Waals surface area (Å²) >= 11 is 0. The number of hydrogen-bond donors (Lipinski definition) is 2. The van der Waals surface area contributed by atoms with Crippen molar-refractivity contribution in [3.63, 3.8) is 0 Å². The lowest BCUT2D eigenvalue weighted by Gasteiger charge is -2.08. The van der Waals surface area contributed by atoms with Crippen LogP contribution in [0.15, 0.2) is 36.4 Å². The molecule has 0 unspecified atom stereocenters. The minimum Gasteiger partial charge on any atom is -0.354 e. The van der Waals surface area contributed by atoms with Gasteiger partial charge in [-0.05, 0) is 26.0 Å². The van der Waals surface area contributed by atoms with Crippen LogP contribution in [0.5, 0.6) is 0 Å². The molecule has 2 aromatic rings. The van der Waals surface area contributed by atoms with Crippen molar-refractivity contribution in [2.45, 2.75) is 13.8 Å². The molecule has 0 bridgehead atoms. The molecule has 0 saturated carbocycles. The van der Waals surface area contributed by atoms with Crippen LogP contribution >= 0.6 is 0 Å². The molecular weight excluding hydrogens is 212 g/mol. The van der Waals surface area contributed by atoms with Crippen molar-refractivity contribution in [1.29, 1.82) is 0 Å². The highest BCUT2D eigenvalue weighted by Gasteiger charge is 2.01. The highest BCUT2D eigenvalue weighted by Crippen LogP contribution is 2.15. The Hall–Kier alpha value is -2.10. The monoisotopic (exact) mass is 228 g/mol. The third kappa shape index (κ3) is 3.17. The lowest BCUT2D eigenvalue weighted by Crippen LogP contribution is -2.05. The molecule has 1 aromatic heterocycles. The Morgan fingerprint density at radius 1 is 1.12 bits per heavy atom. The topological polar surface area (TPSA) is 49.8 Å². The van der Waals surface area contributed by atoms with Crippen molar-refractivity contribution < 1.29 is 0 Å². The van der Waals surface area contributed by atoms with E-state index < -0.39 is 0 Å². The summed E-state index contributed by atoms with van der Waals surface area (Å²) in [4.78, 5) is 8.69. The molecule has 0 fully saturated rings. The molecule has 0 amide bonds. The number of aromatic nitrogens is 2. The maximum atomic E-state index is 4.39. The van der Waals surface area contributed by atoms with E-state index in [0.29, 0.717) is 5.95 Å². The molecule has 1 heterocycles. The number of benzene rings is 1. The second-order valence-corrected chi connectivity index (χ2v) is 3.74. The van der Waals surface area contributed by atoms with Gasteiger partial charge in [0.05, 0.1) is 0 Å². The average Bonchev–Trinajstić information content (AvgIpc) is 2.30. The Morgan fingerprint density at radius 3 is 2.59 bits per heavy atom. The molecule has 4 nitrogen and oxygen atoms in total. The van der Waals surface area contributed by atoms with Crippen molar-refractivity contribution in [3.05, 3.63) is 42.1 Å². The van der Waals surface area contributed by atoms with Crippen LogP contribution < -0.4 is 10.6 Å². The largest absolute Gasteiger partial charge is 0.354 e. The minimum absolute atomic E-state index is 0.658. The summed E-state index contributed by atoms with van der Waals surface area (Å²) in [6.07, 6.45) is 0. The van der Waals surface area contributed by atoms with Gasteiger partial charge in [-0.25, -0.2) is 4.98 Å². The molecule has 0 atom stereocenters. The predicted octanol–water partition coefficient (Wildman–Crippen LogP) is 2.96. The molecule has 1 aromatic carbocycles. The minimum atomic E-state index is 0.658. The predicted molar refractivity (Wildman–Crippen MR) is 70.7 cm³/mol. The first-order chi connectivity index (χ1) is 8.28. The SMILES string of the molecule is CCNc1nc(C)cc(Nc2ccccc2)n1. The standard InChI is InChI=1S/C13H16N4/c1-3-14-13-15-10(2)9-12(17-13)16-11-7-5-4-6-8-11/h4-9H,3H2,1-2H3,(H2,14,15,16,17). The molecule has 0 spiro atoms. The van der Waals surface area contributed by atoms with Crippen LogP contribution in [0.25, 0.3) is 0 Å². The van der Waals surface area contributed by atoms with E-state index >= 15 is 0 Å². The summed E-state index contributed by atoms with van der Waals surface area (Å²) in [6.45, 7) is 4.79. The number of nitrogens with zero attached hydrogens (tertiary/aromatic N) is 2. The summed E-state index contributed by atoms with van der Waals surface area (Å²) < 4.78 is 0. The maximum absolute atomic E-state index is 4.39. The Morgan fingerprint density at radius 2 is 1.88 bits per heavy atom. The van der Waals surface area contributed by atoms with E-state index in [1.165, 1.54) is 0 Å². The number of aryl methyl sites for hydroxylation is 1. The summed E-state index contributed by atoms with van der Waals surface area (Å²) in [5.41, 5.74) is 1.96. The van der Waals surface area contributed by atoms with Gasteiger partial charge in [0.2, 0.25) is 5.95 Å². The first kappa shape index (κ1) is 11.4. The summed E-state index contributed by atoms with van der Waals surface area (Å²) in [7, 11) is 0. The van der Waals surface area contributed by atoms with E-state index in [0.717, 1.165) is 23.7 Å². The first-order valence-electron chi connectivity index (χ1n) is 5.69. The van der Waals surface area contributed by atoms with Gasteiger partial charge >= 0.3 is 0 Å². The van der Waals surface area contributed by atoms with Gasteiger partial charge in [0, 0.05) is 24.0 Å². The average molecular weight is 228 g/mol. The molecule has 2 N–H and O–H groups in total. The van der Waals surface area contributed by atoms with Crippen molar-refractivity contribution in [1.82, 2.24) is 9.97 Å². The highest BCUT2D eigenvalue weighted by molar-refractivity contribution is 5.57. The number of nitrogens with one attached hydrogen (secondary N) is 2. The van der Waals surface area contributed by atoms with Crippen LogP contribution in [-0.4, -0.2) is 16.5 Å². The Balaban J connectivity index is 2.21. The molecule has 0 aliphatic heterocycles. The Kier molecular flexibility index (Phi) is 3.55. The molecule has 0 aliphatic carbocycles. The molecule has 88 valence electrons. The number of para-hydroxylation sites is 1. The molecule has 0 saturated heterocycles. The quantitative estimate of drug-likeness (QED) is 0.844. The van der Waals surface area contributed by atoms with Crippen LogP contribution in [0.2, 0.25) is 0 Å². The van der Waals surface area contributed by atoms with Crippen molar-refractivity contribution in [2.75, 3.05) is 17.2 Å². The zero-order valence-electron chi connectivity index (χ0n) is 10.1. The van der Waals surface area contributed by atoms with Crippen LogP contribution in [-0.2, 0) is 0 Å². The second-order valence-electron chi connectivity index (χ2n) is 3.74. The van der Waals surface area contributed by atoms with Crippen LogP contribution in [0.4, 0.5) is 17.5 Å². The maximum Gasteiger partial charge on any atom is 0.224 e. The third-order valence-corrected chi connectivity index (χ3v) is 2.24. The van der Waals surface area contributed by atoms with Gasteiger partial charge in [-0.2, -0.15) is 4.98 Å². The van der Waals surface area contributed by atoms with Gasteiger partial charge in [-0.1, -0.05) is 18.2 Å². The molecule has 0 radical (unpaired) electrons. The molecular formula is C13H16N4. The van der Waals surface area contributed by atoms with E-state index in [-0.39, 0.29) is 0 Å². The Bertz CT molecular complexity index is 482. The van der Waals surface area contributed by atoms with Crippen LogP contribution in [0.3, 0.4) is 0 Å².